The highest BCUT2D eigenvalue weighted by Gasteiger charge is 2.22. The van der Waals surface area contributed by atoms with E-state index in [0.717, 1.165) is 36.7 Å². The summed E-state index contributed by atoms with van der Waals surface area (Å²) in [6.07, 6.45) is 0. The average molecular weight is 413 g/mol. The molecule has 0 N–H and O–H groups in total. The lowest BCUT2D eigenvalue weighted by Gasteiger charge is -2.34. The van der Waals surface area contributed by atoms with Gasteiger partial charge in [0.2, 0.25) is 6.79 Å². The fraction of sp³-hybridized carbons (Fsp3) is 0.381. The lowest BCUT2D eigenvalue weighted by molar-refractivity contribution is -0.385. The van der Waals surface area contributed by atoms with Crippen LogP contribution in [-0.2, 0) is 11.3 Å². The van der Waals surface area contributed by atoms with Crippen molar-refractivity contribution < 1.29 is 23.9 Å². The third-order valence-corrected chi connectivity index (χ3v) is 5.30. The van der Waals surface area contributed by atoms with Gasteiger partial charge in [-0.25, -0.2) is 0 Å². The highest BCUT2D eigenvalue weighted by molar-refractivity contribution is 5.78. The van der Waals surface area contributed by atoms with E-state index in [1.54, 1.807) is 17.9 Å². The SMILES string of the molecule is Cc1cc(OCC(=O)N2CCN(Cc3ccc4c(c3)OCO4)CC2)ccc1[N+](=O)[O-]. The Kier molecular flexibility index (Phi) is 5.71. The van der Waals surface area contributed by atoms with Gasteiger partial charge in [0.1, 0.15) is 5.75 Å². The Bertz CT molecular complexity index is 956. The summed E-state index contributed by atoms with van der Waals surface area (Å²) in [5.41, 5.74) is 1.69. The van der Waals surface area contributed by atoms with Gasteiger partial charge in [0.05, 0.1) is 4.92 Å². The Hall–Kier alpha value is -3.33. The lowest BCUT2D eigenvalue weighted by atomic mass is 10.1. The quantitative estimate of drug-likeness (QED) is 0.530. The van der Waals surface area contributed by atoms with E-state index in [9.17, 15) is 14.9 Å². The number of ether oxygens (including phenoxy) is 3. The van der Waals surface area contributed by atoms with Crippen molar-refractivity contribution in [1.82, 2.24) is 9.80 Å². The number of aryl methyl sites for hydroxylation is 1. The molecule has 2 aliphatic rings. The molecule has 2 heterocycles. The molecule has 0 spiro atoms. The van der Waals surface area contributed by atoms with Gasteiger partial charge in [-0.2, -0.15) is 0 Å². The van der Waals surface area contributed by atoms with E-state index in [1.165, 1.54) is 12.1 Å². The van der Waals surface area contributed by atoms with Crippen molar-refractivity contribution in [3.8, 4) is 17.2 Å². The summed E-state index contributed by atoms with van der Waals surface area (Å²) in [6, 6.07) is 10.4. The first-order chi connectivity index (χ1) is 14.5. The van der Waals surface area contributed by atoms with Crippen molar-refractivity contribution in [2.24, 2.45) is 0 Å². The van der Waals surface area contributed by atoms with Gasteiger partial charge in [0, 0.05) is 44.4 Å². The zero-order valence-electron chi connectivity index (χ0n) is 16.7. The van der Waals surface area contributed by atoms with Crippen LogP contribution in [-0.4, -0.2) is 60.2 Å². The minimum absolute atomic E-state index is 0.0345. The maximum absolute atomic E-state index is 12.5. The standard InChI is InChI=1S/C21H23N3O6/c1-15-10-17(3-4-18(15)24(26)27)28-13-21(25)23-8-6-22(7-9-23)12-16-2-5-19-20(11-16)30-14-29-19/h2-5,10-11H,6-9,12-14H2,1H3. The van der Waals surface area contributed by atoms with E-state index >= 15 is 0 Å². The molecule has 30 heavy (non-hydrogen) atoms. The number of nitro groups is 1. The second-order valence-electron chi connectivity index (χ2n) is 7.34. The molecule has 2 aromatic rings. The molecule has 0 bridgehead atoms. The Morgan fingerprint density at radius 2 is 1.87 bits per heavy atom. The summed E-state index contributed by atoms with van der Waals surface area (Å²) in [5.74, 6) is 1.92. The van der Waals surface area contributed by atoms with Crippen molar-refractivity contribution in [2.45, 2.75) is 13.5 Å². The van der Waals surface area contributed by atoms with E-state index in [1.807, 2.05) is 18.2 Å². The number of carbonyl (C=O) groups excluding carboxylic acids is 1. The van der Waals surface area contributed by atoms with Gasteiger partial charge in [-0.1, -0.05) is 6.07 Å². The molecule has 4 rings (SSSR count). The summed E-state index contributed by atoms with van der Waals surface area (Å²) in [4.78, 5) is 27.0. The number of benzene rings is 2. The summed E-state index contributed by atoms with van der Waals surface area (Å²) >= 11 is 0. The van der Waals surface area contributed by atoms with Crippen molar-refractivity contribution in [3.05, 3.63) is 57.6 Å². The van der Waals surface area contributed by atoms with Crippen LogP contribution in [0.15, 0.2) is 36.4 Å². The zero-order chi connectivity index (χ0) is 21.1. The molecule has 2 aromatic carbocycles. The van der Waals surface area contributed by atoms with Crippen LogP contribution in [0.1, 0.15) is 11.1 Å². The van der Waals surface area contributed by atoms with E-state index in [-0.39, 0.29) is 25.0 Å². The van der Waals surface area contributed by atoms with Crippen LogP contribution in [0.4, 0.5) is 5.69 Å². The molecule has 0 atom stereocenters. The monoisotopic (exact) mass is 413 g/mol. The second kappa shape index (κ2) is 8.58. The van der Waals surface area contributed by atoms with Gasteiger partial charge in [0.15, 0.2) is 18.1 Å². The fourth-order valence-corrected chi connectivity index (χ4v) is 3.61. The first kappa shape index (κ1) is 20.0. The molecule has 9 nitrogen and oxygen atoms in total. The number of rotatable bonds is 6. The number of piperazine rings is 1. The van der Waals surface area contributed by atoms with Crippen LogP contribution < -0.4 is 14.2 Å². The molecule has 0 aromatic heterocycles. The molecule has 0 saturated carbocycles. The molecule has 1 fully saturated rings. The van der Waals surface area contributed by atoms with Gasteiger partial charge < -0.3 is 19.1 Å². The summed E-state index contributed by atoms with van der Waals surface area (Å²) in [7, 11) is 0. The van der Waals surface area contributed by atoms with Crippen LogP contribution in [0.3, 0.4) is 0 Å². The normalized spacial score (nSPS) is 15.8. The minimum Gasteiger partial charge on any atom is -0.484 e. The van der Waals surface area contributed by atoms with Crippen molar-refractivity contribution in [2.75, 3.05) is 39.6 Å². The fourth-order valence-electron chi connectivity index (χ4n) is 3.61. The largest absolute Gasteiger partial charge is 0.484 e. The van der Waals surface area contributed by atoms with Crippen LogP contribution in [0.5, 0.6) is 17.2 Å². The van der Waals surface area contributed by atoms with E-state index < -0.39 is 4.92 Å². The number of nitrogens with zero attached hydrogens (tertiary/aromatic N) is 3. The number of hydrogen-bond acceptors (Lipinski definition) is 7. The summed E-state index contributed by atoms with van der Waals surface area (Å²) < 4.78 is 16.3. The lowest BCUT2D eigenvalue weighted by Crippen LogP contribution is -2.49. The third kappa shape index (κ3) is 4.46. The van der Waals surface area contributed by atoms with Gasteiger partial charge in [0.25, 0.3) is 11.6 Å². The molecule has 2 aliphatic heterocycles. The van der Waals surface area contributed by atoms with Crippen LogP contribution >= 0.6 is 0 Å². The Morgan fingerprint density at radius 3 is 2.60 bits per heavy atom. The number of fused-ring (bicyclic) bond motifs is 1. The number of hydrogen-bond donors (Lipinski definition) is 0. The van der Waals surface area contributed by atoms with E-state index in [4.69, 9.17) is 14.2 Å². The first-order valence-electron chi connectivity index (χ1n) is 9.76. The molecule has 0 unspecified atom stereocenters. The Balaban J connectivity index is 1.24. The minimum atomic E-state index is -0.437. The van der Waals surface area contributed by atoms with Crippen molar-refractivity contribution in [3.63, 3.8) is 0 Å². The number of amides is 1. The maximum atomic E-state index is 12.5. The van der Waals surface area contributed by atoms with E-state index in [0.29, 0.717) is 24.4 Å². The molecule has 0 radical (unpaired) electrons. The number of nitro benzene ring substituents is 1. The van der Waals surface area contributed by atoms with Gasteiger partial charge in [-0.3, -0.25) is 19.8 Å². The summed E-state index contributed by atoms with van der Waals surface area (Å²) in [5, 5.41) is 10.9. The van der Waals surface area contributed by atoms with Crippen LogP contribution in [0, 0.1) is 17.0 Å². The van der Waals surface area contributed by atoms with Gasteiger partial charge in [-0.05, 0) is 36.8 Å². The molecular formula is C21H23N3O6. The predicted octanol–water partition coefficient (Wildman–Crippen LogP) is 2.36. The van der Waals surface area contributed by atoms with Crippen LogP contribution in [0.2, 0.25) is 0 Å². The number of carbonyl (C=O) groups is 1. The van der Waals surface area contributed by atoms with Gasteiger partial charge >= 0.3 is 0 Å². The average Bonchev–Trinajstić information content (AvgIpc) is 3.20. The molecule has 0 aliphatic carbocycles. The molecular weight excluding hydrogens is 390 g/mol. The maximum Gasteiger partial charge on any atom is 0.272 e. The topological polar surface area (TPSA) is 94.4 Å². The zero-order valence-corrected chi connectivity index (χ0v) is 16.7. The second-order valence-corrected chi connectivity index (χ2v) is 7.34. The predicted molar refractivity (Wildman–Crippen MR) is 108 cm³/mol. The highest BCUT2D eigenvalue weighted by atomic mass is 16.7. The van der Waals surface area contributed by atoms with Crippen LogP contribution in [0.25, 0.3) is 0 Å². The highest BCUT2D eigenvalue weighted by Crippen LogP contribution is 2.32. The van der Waals surface area contributed by atoms with Gasteiger partial charge in [-0.15, -0.1) is 0 Å². The van der Waals surface area contributed by atoms with Crippen molar-refractivity contribution in [1.29, 1.82) is 0 Å². The Labute approximate surface area is 173 Å². The smallest absolute Gasteiger partial charge is 0.272 e. The third-order valence-electron chi connectivity index (χ3n) is 5.30. The van der Waals surface area contributed by atoms with E-state index in [2.05, 4.69) is 4.90 Å². The molecule has 9 heteroatoms. The molecule has 1 saturated heterocycles. The first-order valence-corrected chi connectivity index (χ1v) is 9.76. The summed E-state index contributed by atoms with van der Waals surface area (Å²) in [6.45, 7) is 5.43. The molecule has 1 amide bonds. The van der Waals surface area contributed by atoms with Crippen molar-refractivity contribution >= 4 is 11.6 Å². The Morgan fingerprint density at radius 1 is 1.10 bits per heavy atom. The molecule has 158 valence electrons.